The van der Waals surface area contributed by atoms with Crippen LogP contribution in [-0.2, 0) is 6.54 Å². The monoisotopic (exact) mass is 378 g/mol. The molecule has 6 nitrogen and oxygen atoms in total. The maximum atomic E-state index is 12.9. The number of likely N-dealkylation sites (tertiary alicyclic amines) is 1. The summed E-state index contributed by atoms with van der Waals surface area (Å²) in [6.45, 7) is 4.04. The minimum absolute atomic E-state index is 0.0809. The number of H-pyrrole nitrogens is 1. The van der Waals surface area contributed by atoms with Crippen LogP contribution in [0.1, 0.15) is 54.6 Å². The van der Waals surface area contributed by atoms with Crippen LogP contribution in [0.3, 0.4) is 0 Å². The number of nitrogens with one attached hydrogen (secondary N) is 1. The Morgan fingerprint density at radius 2 is 1.96 bits per heavy atom. The molecule has 0 radical (unpaired) electrons. The third-order valence-corrected chi connectivity index (χ3v) is 5.65. The van der Waals surface area contributed by atoms with Crippen molar-refractivity contribution >= 4 is 16.8 Å². The number of aromatic nitrogens is 3. The molecule has 146 valence electrons. The average Bonchev–Trinajstić information content (AvgIpc) is 3.17. The quantitative estimate of drug-likeness (QED) is 0.738. The Labute approximate surface area is 164 Å². The van der Waals surface area contributed by atoms with E-state index in [-0.39, 0.29) is 11.5 Å². The van der Waals surface area contributed by atoms with Gasteiger partial charge in [-0.3, -0.25) is 9.59 Å². The molecule has 0 unspecified atom stereocenters. The van der Waals surface area contributed by atoms with Crippen molar-refractivity contribution in [2.75, 3.05) is 13.1 Å². The van der Waals surface area contributed by atoms with Gasteiger partial charge in [0.15, 0.2) is 0 Å². The Morgan fingerprint density at radius 1 is 1.18 bits per heavy atom. The Morgan fingerprint density at radius 3 is 2.75 bits per heavy atom. The van der Waals surface area contributed by atoms with Gasteiger partial charge in [0.1, 0.15) is 5.69 Å². The van der Waals surface area contributed by atoms with Crippen molar-refractivity contribution in [2.24, 2.45) is 0 Å². The lowest BCUT2D eigenvalue weighted by Gasteiger charge is -2.31. The fourth-order valence-electron chi connectivity index (χ4n) is 4.02. The van der Waals surface area contributed by atoms with Gasteiger partial charge in [-0.1, -0.05) is 31.5 Å². The molecule has 28 heavy (non-hydrogen) atoms. The van der Waals surface area contributed by atoms with E-state index in [2.05, 4.69) is 41.4 Å². The van der Waals surface area contributed by atoms with Gasteiger partial charge in [0.05, 0.1) is 0 Å². The van der Waals surface area contributed by atoms with Crippen molar-refractivity contribution in [2.45, 2.75) is 45.1 Å². The van der Waals surface area contributed by atoms with Crippen LogP contribution in [-0.4, -0.2) is 38.7 Å². The zero-order chi connectivity index (χ0) is 19.5. The van der Waals surface area contributed by atoms with Gasteiger partial charge in [-0.15, -0.1) is 0 Å². The number of benzene rings is 1. The SMILES string of the molecule is CCCCn1nc(C(=O)N2CCC(c3c[nH]c4ccccc34)CC2)ccc1=O. The maximum Gasteiger partial charge on any atom is 0.274 e. The van der Waals surface area contributed by atoms with Gasteiger partial charge >= 0.3 is 0 Å². The van der Waals surface area contributed by atoms with E-state index in [1.54, 1.807) is 6.07 Å². The van der Waals surface area contributed by atoms with Gasteiger partial charge in [-0.2, -0.15) is 5.10 Å². The van der Waals surface area contributed by atoms with Crippen LogP contribution in [0, 0.1) is 0 Å². The molecule has 1 aliphatic rings. The second kappa shape index (κ2) is 8.00. The molecular weight excluding hydrogens is 352 g/mol. The number of hydrogen-bond acceptors (Lipinski definition) is 3. The molecule has 1 fully saturated rings. The number of carbonyl (C=O) groups is 1. The van der Waals surface area contributed by atoms with Gasteiger partial charge < -0.3 is 9.88 Å². The lowest BCUT2D eigenvalue weighted by Crippen LogP contribution is -2.39. The summed E-state index contributed by atoms with van der Waals surface area (Å²) >= 11 is 0. The van der Waals surface area contributed by atoms with Crippen LogP contribution in [0.15, 0.2) is 47.4 Å². The molecule has 1 aromatic carbocycles. The molecular formula is C22H26N4O2. The lowest BCUT2D eigenvalue weighted by molar-refractivity contribution is 0.0704. The number of para-hydroxylation sites is 1. The van der Waals surface area contributed by atoms with Crippen molar-refractivity contribution < 1.29 is 4.79 Å². The van der Waals surface area contributed by atoms with Crippen LogP contribution >= 0.6 is 0 Å². The largest absolute Gasteiger partial charge is 0.361 e. The van der Waals surface area contributed by atoms with Crippen molar-refractivity contribution in [3.05, 3.63) is 64.2 Å². The van der Waals surface area contributed by atoms with E-state index in [0.29, 0.717) is 31.2 Å². The zero-order valence-electron chi connectivity index (χ0n) is 16.2. The first kappa shape index (κ1) is 18.5. The Kier molecular flexibility index (Phi) is 5.28. The first-order valence-electron chi connectivity index (χ1n) is 10.1. The van der Waals surface area contributed by atoms with Crippen LogP contribution < -0.4 is 5.56 Å². The van der Waals surface area contributed by atoms with E-state index >= 15 is 0 Å². The predicted octanol–water partition coefficient (Wildman–Crippen LogP) is 3.54. The number of fused-ring (bicyclic) bond motifs is 1. The van der Waals surface area contributed by atoms with E-state index in [0.717, 1.165) is 31.2 Å². The highest BCUT2D eigenvalue weighted by molar-refractivity contribution is 5.92. The highest BCUT2D eigenvalue weighted by atomic mass is 16.2. The predicted molar refractivity (Wildman–Crippen MR) is 110 cm³/mol. The molecule has 0 atom stereocenters. The molecule has 0 bridgehead atoms. The molecule has 3 heterocycles. The third-order valence-electron chi connectivity index (χ3n) is 5.65. The standard InChI is InChI=1S/C22H26N4O2/c1-2-3-12-26-21(27)9-8-20(24-26)22(28)25-13-10-16(11-14-25)18-15-23-19-7-5-4-6-17(18)19/h4-9,15-16,23H,2-3,10-14H2,1H3. The van der Waals surface area contributed by atoms with Crippen molar-refractivity contribution in [1.29, 1.82) is 0 Å². The van der Waals surface area contributed by atoms with Gasteiger partial charge in [0, 0.05) is 42.8 Å². The van der Waals surface area contributed by atoms with E-state index in [9.17, 15) is 9.59 Å². The summed E-state index contributed by atoms with van der Waals surface area (Å²) < 4.78 is 1.41. The van der Waals surface area contributed by atoms with Gasteiger partial charge in [0.2, 0.25) is 0 Å². The summed E-state index contributed by atoms with van der Waals surface area (Å²) in [7, 11) is 0. The molecule has 0 saturated carbocycles. The number of nitrogens with zero attached hydrogens (tertiary/aromatic N) is 3. The fraction of sp³-hybridized carbons (Fsp3) is 0.409. The average molecular weight is 378 g/mol. The highest BCUT2D eigenvalue weighted by Crippen LogP contribution is 2.33. The van der Waals surface area contributed by atoms with Crippen molar-refractivity contribution in [1.82, 2.24) is 19.7 Å². The molecule has 2 aromatic heterocycles. The second-order valence-electron chi connectivity index (χ2n) is 7.49. The highest BCUT2D eigenvalue weighted by Gasteiger charge is 2.26. The first-order chi connectivity index (χ1) is 13.7. The summed E-state index contributed by atoms with van der Waals surface area (Å²) in [5.74, 6) is 0.370. The topological polar surface area (TPSA) is 71.0 Å². The molecule has 1 amide bonds. The lowest BCUT2D eigenvalue weighted by atomic mass is 9.89. The van der Waals surface area contributed by atoms with E-state index < -0.39 is 0 Å². The third kappa shape index (κ3) is 3.59. The van der Waals surface area contributed by atoms with Crippen LogP contribution in [0.5, 0.6) is 0 Å². The number of carbonyl (C=O) groups excluding carboxylic acids is 1. The van der Waals surface area contributed by atoms with Crippen molar-refractivity contribution in [3.63, 3.8) is 0 Å². The molecule has 0 aliphatic carbocycles. The summed E-state index contributed by atoms with van der Waals surface area (Å²) in [4.78, 5) is 30.0. The number of aryl methyl sites for hydroxylation is 1. The van der Waals surface area contributed by atoms with E-state index in [1.807, 2.05) is 11.0 Å². The van der Waals surface area contributed by atoms with Crippen LogP contribution in [0.4, 0.5) is 0 Å². The van der Waals surface area contributed by atoms with Gasteiger partial charge in [0.25, 0.3) is 11.5 Å². The second-order valence-corrected chi connectivity index (χ2v) is 7.49. The van der Waals surface area contributed by atoms with Gasteiger partial charge in [-0.05, 0) is 42.9 Å². The summed E-state index contributed by atoms with van der Waals surface area (Å²) in [5.41, 5.74) is 2.72. The molecule has 0 spiro atoms. The molecule has 6 heteroatoms. The molecule has 1 N–H and O–H groups in total. The summed E-state index contributed by atoms with van der Waals surface area (Å²) in [6.07, 6.45) is 5.83. The first-order valence-corrected chi connectivity index (χ1v) is 10.1. The smallest absolute Gasteiger partial charge is 0.274 e. The number of unbranched alkanes of at least 4 members (excludes halogenated alkanes) is 1. The zero-order valence-corrected chi connectivity index (χ0v) is 16.2. The molecule has 3 aromatic rings. The normalized spacial score (nSPS) is 15.2. The Hall–Kier alpha value is -2.89. The summed E-state index contributed by atoms with van der Waals surface area (Å²) in [5, 5.41) is 5.58. The minimum Gasteiger partial charge on any atom is -0.361 e. The fourth-order valence-corrected chi connectivity index (χ4v) is 4.02. The molecule has 1 saturated heterocycles. The van der Waals surface area contributed by atoms with Crippen LogP contribution in [0.2, 0.25) is 0 Å². The summed E-state index contributed by atoms with van der Waals surface area (Å²) in [6, 6.07) is 11.4. The Bertz CT molecular complexity index is 1030. The number of rotatable bonds is 5. The maximum absolute atomic E-state index is 12.9. The molecule has 4 rings (SSSR count). The molecule has 1 aliphatic heterocycles. The minimum atomic E-state index is -0.150. The van der Waals surface area contributed by atoms with E-state index in [1.165, 1.54) is 21.7 Å². The number of amides is 1. The number of aromatic amines is 1. The van der Waals surface area contributed by atoms with E-state index in [4.69, 9.17) is 0 Å². The number of piperidine rings is 1. The van der Waals surface area contributed by atoms with Crippen molar-refractivity contribution in [3.8, 4) is 0 Å². The van der Waals surface area contributed by atoms with Gasteiger partial charge in [-0.25, -0.2) is 4.68 Å². The number of hydrogen-bond donors (Lipinski definition) is 1. The Balaban J connectivity index is 1.45. The van der Waals surface area contributed by atoms with Crippen LogP contribution in [0.25, 0.3) is 10.9 Å².